The standard InChI is InChI=1S/C26H32ClFN4O/c1-19-21(18-24(30(19)2)20-8-4-3-5-9-20)26(33)29-12-7-13-31-14-16-32(17-15-31)23-11-6-10-22(27)25(23)28/h3-6,8-11,18-19,21H,7,12-17H2,1-2H3,(H,29,33). The molecule has 2 aromatic rings. The molecular formula is C26H32ClFN4O. The van der Waals surface area contributed by atoms with E-state index in [1.807, 2.05) is 30.1 Å². The molecule has 2 aromatic carbocycles. The lowest BCUT2D eigenvalue weighted by atomic mass is 10.0. The molecule has 33 heavy (non-hydrogen) atoms. The quantitative estimate of drug-likeness (QED) is 0.618. The highest BCUT2D eigenvalue weighted by Crippen LogP contribution is 2.32. The summed E-state index contributed by atoms with van der Waals surface area (Å²) in [6.07, 6.45) is 2.98. The minimum absolute atomic E-state index is 0.0848. The van der Waals surface area contributed by atoms with Gasteiger partial charge in [-0.2, -0.15) is 0 Å². The van der Waals surface area contributed by atoms with Crippen molar-refractivity contribution in [3.8, 4) is 0 Å². The maximum absolute atomic E-state index is 14.3. The largest absolute Gasteiger partial charge is 0.371 e. The van der Waals surface area contributed by atoms with Crippen LogP contribution in [0.5, 0.6) is 0 Å². The summed E-state index contributed by atoms with van der Waals surface area (Å²) in [6.45, 7) is 6.94. The van der Waals surface area contributed by atoms with Gasteiger partial charge in [0.05, 0.1) is 16.6 Å². The van der Waals surface area contributed by atoms with Crippen molar-refractivity contribution in [2.45, 2.75) is 19.4 Å². The van der Waals surface area contributed by atoms with Crippen molar-refractivity contribution in [1.82, 2.24) is 15.1 Å². The number of rotatable bonds is 7. The molecule has 4 rings (SSSR count). The predicted molar refractivity (Wildman–Crippen MR) is 133 cm³/mol. The van der Waals surface area contributed by atoms with E-state index in [1.165, 1.54) is 0 Å². The molecule has 2 unspecified atom stereocenters. The Labute approximate surface area is 200 Å². The van der Waals surface area contributed by atoms with Gasteiger partial charge in [-0.05, 0) is 43.7 Å². The summed E-state index contributed by atoms with van der Waals surface area (Å²) in [5.74, 6) is -0.408. The van der Waals surface area contributed by atoms with E-state index >= 15 is 0 Å². The fraction of sp³-hybridized carbons (Fsp3) is 0.423. The fourth-order valence-electron chi connectivity index (χ4n) is 4.67. The van der Waals surface area contributed by atoms with Crippen molar-refractivity contribution in [2.75, 3.05) is 51.2 Å². The van der Waals surface area contributed by atoms with E-state index in [4.69, 9.17) is 11.6 Å². The van der Waals surface area contributed by atoms with Gasteiger partial charge in [0, 0.05) is 51.5 Å². The molecule has 0 aliphatic carbocycles. The second kappa shape index (κ2) is 10.6. The number of anilines is 1. The molecule has 176 valence electrons. The Hall–Kier alpha value is -2.57. The Balaban J connectivity index is 1.21. The van der Waals surface area contributed by atoms with Crippen molar-refractivity contribution in [3.05, 3.63) is 71.0 Å². The van der Waals surface area contributed by atoms with Crippen LogP contribution in [0.4, 0.5) is 10.1 Å². The third-order valence-corrected chi connectivity index (χ3v) is 7.11. The number of hydrogen-bond acceptors (Lipinski definition) is 4. The maximum Gasteiger partial charge on any atom is 0.229 e. The van der Waals surface area contributed by atoms with Gasteiger partial charge >= 0.3 is 0 Å². The first-order valence-corrected chi connectivity index (χ1v) is 12.0. The number of carbonyl (C=O) groups excluding carboxylic acids is 1. The average Bonchev–Trinajstić information content (AvgIpc) is 3.14. The molecule has 7 heteroatoms. The van der Waals surface area contributed by atoms with E-state index in [0.717, 1.165) is 50.4 Å². The monoisotopic (exact) mass is 470 g/mol. The van der Waals surface area contributed by atoms with Crippen molar-refractivity contribution in [3.63, 3.8) is 0 Å². The molecule has 1 fully saturated rings. The Morgan fingerprint density at radius 1 is 1.09 bits per heavy atom. The SMILES string of the molecule is CC1C(C(=O)NCCCN2CCN(c3cccc(Cl)c3F)CC2)C=C(c2ccccc2)N1C. The lowest BCUT2D eigenvalue weighted by Gasteiger charge is -2.36. The van der Waals surface area contributed by atoms with Crippen LogP contribution in [-0.2, 0) is 4.79 Å². The summed E-state index contributed by atoms with van der Waals surface area (Å²) in [4.78, 5) is 19.4. The third kappa shape index (κ3) is 5.33. The van der Waals surface area contributed by atoms with Crippen LogP contribution in [0.25, 0.3) is 5.70 Å². The van der Waals surface area contributed by atoms with E-state index in [0.29, 0.717) is 12.2 Å². The zero-order chi connectivity index (χ0) is 23.4. The highest BCUT2D eigenvalue weighted by Gasteiger charge is 2.33. The van der Waals surface area contributed by atoms with Crippen LogP contribution >= 0.6 is 11.6 Å². The lowest BCUT2D eigenvalue weighted by Crippen LogP contribution is -2.47. The molecule has 2 heterocycles. The van der Waals surface area contributed by atoms with Gasteiger partial charge in [-0.1, -0.05) is 48.0 Å². The van der Waals surface area contributed by atoms with Crippen LogP contribution < -0.4 is 10.2 Å². The first-order valence-electron chi connectivity index (χ1n) is 11.6. The average molecular weight is 471 g/mol. The molecule has 1 N–H and O–H groups in total. The summed E-state index contributed by atoms with van der Waals surface area (Å²) in [6, 6.07) is 15.5. The Kier molecular flexibility index (Phi) is 7.56. The molecule has 1 saturated heterocycles. The van der Waals surface area contributed by atoms with E-state index in [2.05, 4.69) is 40.2 Å². The first kappa shape index (κ1) is 23.6. The molecule has 0 aromatic heterocycles. The van der Waals surface area contributed by atoms with Gasteiger partial charge in [-0.3, -0.25) is 9.69 Å². The zero-order valence-electron chi connectivity index (χ0n) is 19.3. The zero-order valence-corrected chi connectivity index (χ0v) is 20.1. The Morgan fingerprint density at radius 2 is 1.82 bits per heavy atom. The van der Waals surface area contributed by atoms with Crippen molar-refractivity contribution >= 4 is 28.9 Å². The molecule has 0 radical (unpaired) electrons. The first-order chi connectivity index (χ1) is 16.0. The van der Waals surface area contributed by atoms with Gasteiger partial charge < -0.3 is 15.1 Å². The van der Waals surface area contributed by atoms with Gasteiger partial charge in [0.25, 0.3) is 0 Å². The number of hydrogen-bond donors (Lipinski definition) is 1. The molecule has 0 spiro atoms. The summed E-state index contributed by atoms with van der Waals surface area (Å²) >= 11 is 5.92. The van der Waals surface area contributed by atoms with E-state index < -0.39 is 0 Å². The number of nitrogens with zero attached hydrogens (tertiary/aromatic N) is 3. The van der Waals surface area contributed by atoms with E-state index in [9.17, 15) is 9.18 Å². The highest BCUT2D eigenvalue weighted by molar-refractivity contribution is 6.31. The number of nitrogens with one attached hydrogen (secondary N) is 1. The topological polar surface area (TPSA) is 38.8 Å². The van der Waals surface area contributed by atoms with Crippen molar-refractivity contribution in [1.29, 1.82) is 0 Å². The molecule has 5 nitrogen and oxygen atoms in total. The molecule has 2 atom stereocenters. The Bertz CT molecular complexity index is 991. The second-order valence-corrected chi connectivity index (χ2v) is 9.25. The predicted octanol–water partition coefficient (Wildman–Crippen LogP) is 4.10. The van der Waals surface area contributed by atoms with Crippen LogP contribution in [-0.4, -0.2) is 68.1 Å². The maximum atomic E-state index is 14.3. The normalized spacial score (nSPS) is 21.3. The van der Waals surface area contributed by atoms with Crippen LogP contribution in [0.1, 0.15) is 18.9 Å². The number of amides is 1. The molecular weight excluding hydrogens is 439 g/mol. The van der Waals surface area contributed by atoms with Crippen molar-refractivity contribution < 1.29 is 9.18 Å². The molecule has 0 saturated carbocycles. The summed E-state index contributed by atoms with van der Waals surface area (Å²) in [5.41, 5.74) is 2.82. The molecule has 2 aliphatic rings. The summed E-state index contributed by atoms with van der Waals surface area (Å²) in [7, 11) is 2.05. The van der Waals surface area contributed by atoms with Crippen LogP contribution in [0.3, 0.4) is 0 Å². The van der Waals surface area contributed by atoms with E-state index in [1.54, 1.807) is 18.2 Å². The van der Waals surface area contributed by atoms with E-state index in [-0.39, 0.29) is 28.7 Å². The van der Waals surface area contributed by atoms with Crippen LogP contribution in [0, 0.1) is 11.7 Å². The van der Waals surface area contributed by atoms with Gasteiger partial charge in [-0.15, -0.1) is 0 Å². The van der Waals surface area contributed by atoms with Crippen LogP contribution in [0.15, 0.2) is 54.6 Å². The Morgan fingerprint density at radius 3 is 2.55 bits per heavy atom. The second-order valence-electron chi connectivity index (χ2n) is 8.84. The minimum atomic E-state index is -0.341. The molecule has 1 amide bonds. The van der Waals surface area contributed by atoms with Gasteiger partial charge in [-0.25, -0.2) is 4.39 Å². The third-order valence-electron chi connectivity index (χ3n) is 6.81. The number of benzene rings is 2. The van der Waals surface area contributed by atoms with Gasteiger partial charge in [0.2, 0.25) is 5.91 Å². The van der Waals surface area contributed by atoms with Gasteiger partial charge in [0.1, 0.15) is 0 Å². The van der Waals surface area contributed by atoms with Crippen molar-refractivity contribution in [2.24, 2.45) is 5.92 Å². The fourth-order valence-corrected chi connectivity index (χ4v) is 4.84. The van der Waals surface area contributed by atoms with Gasteiger partial charge in [0.15, 0.2) is 5.82 Å². The minimum Gasteiger partial charge on any atom is -0.371 e. The molecule has 0 bridgehead atoms. The smallest absolute Gasteiger partial charge is 0.229 e. The summed E-state index contributed by atoms with van der Waals surface area (Å²) in [5, 5.41) is 3.29. The highest BCUT2D eigenvalue weighted by atomic mass is 35.5. The molecule has 2 aliphatic heterocycles. The van der Waals surface area contributed by atoms with Crippen LogP contribution in [0.2, 0.25) is 5.02 Å². The number of carbonyl (C=O) groups is 1. The number of piperazine rings is 1. The number of halogens is 2. The summed E-state index contributed by atoms with van der Waals surface area (Å²) < 4.78 is 14.3. The lowest BCUT2D eigenvalue weighted by molar-refractivity contribution is -0.124.